The Hall–Kier alpha value is -1.40. The summed E-state index contributed by atoms with van der Waals surface area (Å²) in [6.45, 7) is 6.39. The summed E-state index contributed by atoms with van der Waals surface area (Å²) in [5.74, 6) is 0.528. The van der Waals surface area contributed by atoms with E-state index in [4.69, 9.17) is 11.6 Å². The van der Waals surface area contributed by atoms with Crippen molar-refractivity contribution in [3.8, 4) is 0 Å². The number of nitrogens with zero attached hydrogens (tertiary/aromatic N) is 5. The smallest absolute Gasteiger partial charge is 0.274 e. The number of likely N-dealkylation sites (N-methyl/N-ethyl adjacent to an activating group) is 1. The summed E-state index contributed by atoms with van der Waals surface area (Å²) in [4.78, 5) is 27.8. The van der Waals surface area contributed by atoms with E-state index in [0.29, 0.717) is 23.2 Å². The van der Waals surface area contributed by atoms with Crippen molar-refractivity contribution in [2.24, 2.45) is 0 Å². The third-order valence-corrected chi connectivity index (χ3v) is 4.69. The van der Waals surface area contributed by atoms with Crippen molar-refractivity contribution < 1.29 is 4.79 Å². The Labute approximate surface area is 136 Å². The van der Waals surface area contributed by atoms with E-state index in [1.807, 2.05) is 4.90 Å². The zero-order chi connectivity index (χ0) is 15.7. The zero-order valence-electron chi connectivity index (χ0n) is 13.1. The van der Waals surface area contributed by atoms with Crippen molar-refractivity contribution in [2.45, 2.75) is 25.8 Å². The minimum atomic E-state index is -0.0894. The van der Waals surface area contributed by atoms with Gasteiger partial charge in [0.25, 0.3) is 5.91 Å². The van der Waals surface area contributed by atoms with Gasteiger partial charge in [-0.05, 0) is 26.8 Å². The van der Waals surface area contributed by atoms with Crippen molar-refractivity contribution in [3.05, 3.63) is 16.9 Å². The highest BCUT2D eigenvalue weighted by atomic mass is 35.5. The summed E-state index contributed by atoms with van der Waals surface area (Å²) < 4.78 is 0. The normalized spacial score (nSPS) is 23.1. The second kappa shape index (κ2) is 6.38. The van der Waals surface area contributed by atoms with Gasteiger partial charge in [-0.25, -0.2) is 9.97 Å². The summed E-state index contributed by atoms with van der Waals surface area (Å²) in [5, 5.41) is 0.332. The lowest BCUT2D eigenvalue weighted by Crippen LogP contribution is -2.53. The molecule has 0 saturated carbocycles. The molecule has 2 fully saturated rings. The van der Waals surface area contributed by atoms with E-state index < -0.39 is 0 Å². The first kappa shape index (κ1) is 15.5. The van der Waals surface area contributed by atoms with Gasteiger partial charge < -0.3 is 14.7 Å². The molecule has 0 bridgehead atoms. The SMILES string of the molecule is C[C@@H]1CN(C)CCN1C(=O)c1nc(N2CCCC2)ncc1Cl. The van der Waals surface area contributed by atoms with Gasteiger partial charge in [0.05, 0.1) is 11.2 Å². The van der Waals surface area contributed by atoms with E-state index in [0.717, 1.165) is 39.0 Å². The van der Waals surface area contributed by atoms with E-state index in [1.54, 1.807) is 6.20 Å². The van der Waals surface area contributed by atoms with Gasteiger partial charge in [0.1, 0.15) is 0 Å². The zero-order valence-corrected chi connectivity index (χ0v) is 13.9. The van der Waals surface area contributed by atoms with Crippen LogP contribution < -0.4 is 4.90 Å². The molecule has 1 aromatic rings. The van der Waals surface area contributed by atoms with Crippen molar-refractivity contribution >= 4 is 23.5 Å². The van der Waals surface area contributed by atoms with E-state index >= 15 is 0 Å². The lowest BCUT2D eigenvalue weighted by molar-refractivity contribution is 0.0528. The highest BCUT2D eigenvalue weighted by Crippen LogP contribution is 2.22. The first-order valence-corrected chi connectivity index (χ1v) is 8.21. The van der Waals surface area contributed by atoms with Crippen LogP contribution in [0.25, 0.3) is 0 Å². The van der Waals surface area contributed by atoms with Gasteiger partial charge in [0, 0.05) is 38.8 Å². The monoisotopic (exact) mass is 323 g/mol. The Kier molecular flexibility index (Phi) is 4.49. The maximum absolute atomic E-state index is 12.8. The number of halogens is 1. The predicted octanol–water partition coefficient (Wildman–Crippen LogP) is 1.51. The van der Waals surface area contributed by atoms with Gasteiger partial charge in [-0.15, -0.1) is 0 Å². The molecule has 22 heavy (non-hydrogen) atoms. The fourth-order valence-corrected chi connectivity index (χ4v) is 3.33. The highest BCUT2D eigenvalue weighted by Gasteiger charge is 2.29. The predicted molar refractivity (Wildman–Crippen MR) is 86.5 cm³/mol. The molecule has 3 heterocycles. The molecule has 2 aliphatic heterocycles. The second-order valence-electron chi connectivity index (χ2n) is 6.17. The van der Waals surface area contributed by atoms with Crippen LogP contribution in [0.3, 0.4) is 0 Å². The van der Waals surface area contributed by atoms with Crippen LogP contribution in [0.5, 0.6) is 0 Å². The average molecular weight is 324 g/mol. The number of aromatic nitrogens is 2. The number of amides is 1. The number of rotatable bonds is 2. The third kappa shape index (κ3) is 3.03. The Morgan fingerprint density at radius 2 is 2.00 bits per heavy atom. The molecular formula is C15H22ClN5O. The maximum Gasteiger partial charge on any atom is 0.274 e. The molecule has 6 nitrogen and oxygen atoms in total. The van der Waals surface area contributed by atoms with Crippen LogP contribution in [0.2, 0.25) is 5.02 Å². The summed E-state index contributed by atoms with van der Waals surface area (Å²) in [6.07, 6.45) is 3.84. The molecule has 2 aliphatic rings. The topological polar surface area (TPSA) is 52.6 Å². The summed E-state index contributed by atoms with van der Waals surface area (Å²) in [6, 6.07) is 0.160. The van der Waals surface area contributed by atoms with Crippen molar-refractivity contribution in [2.75, 3.05) is 44.7 Å². The number of carbonyl (C=O) groups is 1. The standard InChI is InChI=1S/C15H22ClN5O/c1-11-10-19(2)7-8-21(11)14(22)13-12(16)9-17-15(18-13)20-5-3-4-6-20/h9,11H,3-8,10H2,1-2H3/t11-/m1/s1. The Morgan fingerprint density at radius 3 is 2.68 bits per heavy atom. The fourth-order valence-electron chi connectivity index (χ4n) is 3.15. The van der Waals surface area contributed by atoms with Gasteiger partial charge >= 0.3 is 0 Å². The summed E-state index contributed by atoms with van der Waals surface area (Å²) in [7, 11) is 2.07. The molecular weight excluding hydrogens is 302 g/mol. The van der Waals surface area contributed by atoms with Gasteiger partial charge in [-0.1, -0.05) is 11.6 Å². The van der Waals surface area contributed by atoms with Crippen LogP contribution in [0, 0.1) is 0 Å². The lowest BCUT2D eigenvalue weighted by atomic mass is 10.2. The number of anilines is 1. The number of hydrogen-bond acceptors (Lipinski definition) is 5. The van der Waals surface area contributed by atoms with Crippen LogP contribution in [-0.4, -0.2) is 71.5 Å². The maximum atomic E-state index is 12.8. The number of carbonyl (C=O) groups excluding carboxylic acids is 1. The van der Waals surface area contributed by atoms with Gasteiger partial charge in [0.15, 0.2) is 5.69 Å². The average Bonchev–Trinajstić information content (AvgIpc) is 3.01. The molecule has 1 amide bonds. The van der Waals surface area contributed by atoms with E-state index in [9.17, 15) is 4.79 Å². The molecule has 2 saturated heterocycles. The molecule has 1 aromatic heterocycles. The molecule has 0 aliphatic carbocycles. The Bertz CT molecular complexity index is 561. The fraction of sp³-hybridized carbons (Fsp3) is 0.667. The largest absolute Gasteiger partial charge is 0.341 e. The highest BCUT2D eigenvalue weighted by molar-refractivity contribution is 6.33. The molecule has 1 atom stereocenters. The molecule has 0 aromatic carbocycles. The van der Waals surface area contributed by atoms with Gasteiger partial charge in [0.2, 0.25) is 5.95 Å². The van der Waals surface area contributed by atoms with Crippen LogP contribution in [0.4, 0.5) is 5.95 Å². The molecule has 0 unspecified atom stereocenters. The van der Waals surface area contributed by atoms with Crippen LogP contribution >= 0.6 is 11.6 Å². The van der Waals surface area contributed by atoms with Crippen LogP contribution in [0.15, 0.2) is 6.20 Å². The first-order chi connectivity index (χ1) is 10.6. The molecule has 0 spiro atoms. The quantitative estimate of drug-likeness (QED) is 0.825. The third-order valence-electron chi connectivity index (χ3n) is 4.41. The Morgan fingerprint density at radius 1 is 1.27 bits per heavy atom. The van der Waals surface area contributed by atoms with Crippen LogP contribution in [-0.2, 0) is 0 Å². The first-order valence-electron chi connectivity index (χ1n) is 7.83. The lowest BCUT2D eigenvalue weighted by Gasteiger charge is -2.38. The van der Waals surface area contributed by atoms with Gasteiger partial charge in [-0.2, -0.15) is 0 Å². The van der Waals surface area contributed by atoms with E-state index in [2.05, 4.69) is 33.7 Å². The van der Waals surface area contributed by atoms with Crippen molar-refractivity contribution in [1.29, 1.82) is 0 Å². The minimum Gasteiger partial charge on any atom is -0.341 e. The number of hydrogen-bond donors (Lipinski definition) is 0. The minimum absolute atomic E-state index is 0.0894. The molecule has 120 valence electrons. The second-order valence-corrected chi connectivity index (χ2v) is 6.58. The van der Waals surface area contributed by atoms with Crippen molar-refractivity contribution in [3.63, 3.8) is 0 Å². The van der Waals surface area contributed by atoms with Gasteiger partial charge in [-0.3, -0.25) is 4.79 Å². The van der Waals surface area contributed by atoms with E-state index in [-0.39, 0.29) is 11.9 Å². The van der Waals surface area contributed by atoms with E-state index in [1.165, 1.54) is 0 Å². The summed E-state index contributed by atoms with van der Waals surface area (Å²) >= 11 is 6.19. The molecule has 0 radical (unpaired) electrons. The summed E-state index contributed by atoms with van der Waals surface area (Å²) in [5.41, 5.74) is 0.329. The molecule has 3 rings (SSSR count). The van der Waals surface area contributed by atoms with Crippen LogP contribution in [0.1, 0.15) is 30.3 Å². The van der Waals surface area contributed by atoms with Crippen molar-refractivity contribution in [1.82, 2.24) is 19.8 Å². The molecule has 7 heteroatoms. The molecule has 0 N–H and O–H groups in total. The number of piperazine rings is 1. The Balaban J connectivity index is 1.83.